The number of esters is 1. The predicted octanol–water partition coefficient (Wildman–Crippen LogP) is 4.09. The van der Waals surface area contributed by atoms with Crippen molar-refractivity contribution >= 4 is 11.7 Å². The number of aromatic nitrogens is 2. The van der Waals surface area contributed by atoms with Crippen LogP contribution in [0.2, 0.25) is 0 Å². The minimum absolute atomic E-state index is 0.125. The summed E-state index contributed by atoms with van der Waals surface area (Å²) < 4.78 is 12.5. The Hall–Kier alpha value is -3.28. The van der Waals surface area contributed by atoms with Gasteiger partial charge in [-0.1, -0.05) is 12.1 Å². The fourth-order valence-electron chi connectivity index (χ4n) is 2.73. The minimum Gasteiger partial charge on any atom is -0.491 e. The number of rotatable bonds is 6. The second kappa shape index (κ2) is 7.95. The van der Waals surface area contributed by atoms with Crippen molar-refractivity contribution in [3.63, 3.8) is 0 Å². The zero-order valence-corrected chi connectivity index (χ0v) is 15.7. The molecule has 0 bridgehead atoms. The van der Waals surface area contributed by atoms with Crippen molar-refractivity contribution in [2.45, 2.75) is 26.9 Å². The third kappa shape index (κ3) is 4.28. The third-order valence-electron chi connectivity index (χ3n) is 3.92. The van der Waals surface area contributed by atoms with E-state index >= 15 is 0 Å². The molecule has 0 aliphatic heterocycles. The molecule has 2 aromatic heterocycles. The van der Waals surface area contributed by atoms with E-state index in [1.165, 1.54) is 0 Å². The summed E-state index contributed by atoms with van der Waals surface area (Å²) in [5.41, 5.74) is 9.13. The zero-order chi connectivity index (χ0) is 19.4. The van der Waals surface area contributed by atoms with E-state index in [9.17, 15) is 4.79 Å². The highest BCUT2D eigenvalue weighted by Gasteiger charge is 2.12. The van der Waals surface area contributed by atoms with E-state index in [0.29, 0.717) is 23.7 Å². The molecule has 0 atom stereocenters. The van der Waals surface area contributed by atoms with Gasteiger partial charge >= 0.3 is 5.97 Å². The van der Waals surface area contributed by atoms with Gasteiger partial charge in [-0.25, -0.2) is 9.78 Å². The molecule has 0 aliphatic rings. The summed E-state index contributed by atoms with van der Waals surface area (Å²) in [5, 5.41) is 0. The largest absolute Gasteiger partial charge is 0.491 e. The van der Waals surface area contributed by atoms with E-state index < -0.39 is 0 Å². The maximum absolute atomic E-state index is 11.9. The summed E-state index contributed by atoms with van der Waals surface area (Å²) in [6, 6.07) is 11.1. The summed E-state index contributed by atoms with van der Waals surface area (Å²) in [4.78, 5) is 16.3. The lowest BCUT2D eigenvalue weighted by Crippen LogP contribution is -2.06. The highest BCUT2D eigenvalue weighted by atomic mass is 16.5. The quantitative estimate of drug-likeness (QED) is 0.666. The number of nitrogen functional groups attached to an aromatic ring is 1. The van der Waals surface area contributed by atoms with Crippen LogP contribution in [0.15, 0.2) is 55.0 Å². The molecule has 0 fully saturated rings. The molecule has 27 heavy (non-hydrogen) atoms. The number of carbonyl (C=O) groups is 1. The Morgan fingerprint density at radius 1 is 1.19 bits per heavy atom. The Kier molecular flexibility index (Phi) is 5.45. The molecule has 0 saturated heterocycles. The van der Waals surface area contributed by atoms with Crippen LogP contribution in [-0.2, 0) is 4.74 Å². The van der Waals surface area contributed by atoms with Gasteiger partial charge in [0.05, 0.1) is 24.0 Å². The van der Waals surface area contributed by atoms with Gasteiger partial charge in [0.2, 0.25) is 0 Å². The van der Waals surface area contributed by atoms with Crippen molar-refractivity contribution in [2.75, 3.05) is 12.3 Å². The van der Waals surface area contributed by atoms with Gasteiger partial charge in [0, 0.05) is 24.2 Å². The molecule has 0 radical (unpaired) electrons. The van der Waals surface area contributed by atoms with E-state index in [1.807, 2.05) is 44.3 Å². The van der Waals surface area contributed by atoms with E-state index in [-0.39, 0.29) is 12.1 Å². The van der Waals surface area contributed by atoms with Crippen LogP contribution in [0.1, 0.15) is 31.1 Å². The second-order valence-corrected chi connectivity index (χ2v) is 6.35. The van der Waals surface area contributed by atoms with Crippen LogP contribution in [0.5, 0.6) is 5.75 Å². The van der Waals surface area contributed by atoms with Gasteiger partial charge in [-0.3, -0.25) is 0 Å². The summed E-state index contributed by atoms with van der Waals surface area (Å²) in [6.07, 6.45) is 5.38. The van der Waals surface area contributed by atoms with E-state index in [0.717, 1.165) is 16.9 Å². The lowest BCUT2D eigenvalue weighted by atomic mass is 10.1. The van der Waals surface area contributed by atoms with E-state index in [4.69, 9.17) is 15.2 Å². The van der Waals surface area contributed by atoms with Crippen LogP contribution in [0.4, 0.5) is 5.69 Å². The number of nitrogens with zero attached hydrogens (tertiary/aromatic N) is 2. The number of hydrogen-bond donors (Lipinski definition) is 1. The lowest BCUT2D eigenvalue weighted by Gasteiger charge is -2.10. The molecule has 6 heteroatoms. The summed E-state index contributed by atoms with van der Waals surface area (Å²) >= 11 is 0. The number of hydrogen-bond acceptors (Lipinski definition) is 5. The van der Waals surface area contributed by atoms with Crippen LogP contribution in [0.3, 0.4) is 0 Å². The minimum atomic E-state index is -0.373. The fourth-order valence-corrected chi connectivity index (χ4v) is 2.73. The molecule has 0 amide bonds. The maximum atomic E-state index is 11.9. The van der Waals surface area contributed by atoms with Gasteiger partial charge in [-0.2, -0.15) is 0 Å². The molecular formula is C21H23N3O3. The Morgan fingerprint density at radius 2 is 1.93 bits per heavy atom. The molecule has 3 aromatic rings. The first-order valence-corrected chi connectivity index (χ1v) is 8.86. The average molecular weight is 365 g/mol. The van der Waals surface area contributed by atoms with Gasteiger partial charge in [-0.15, -0.1) is 0 Å². The Bertz CT molecular complexity index is 930. The number of anilines is 1. The summed E-state index contributed by atoms with van der Waals surface area (Å²) in [7, 11) is 0. The average Bonchev–Trinajstić information content (AvgIpc) is 3.04. The van der Waals surface area contributed by atoms with Crippen molar-refractivity contribution in [2.24, 2.45) is 0 Å². The second-order valence-electron chi connectivity index (χ2n) is 6.35. The monoisotopic (exact) mass is 365 g/mol. The predicted molar refractivity (Wildman–Crippen MR) is 105 cm³/mol. The SMILES string of the molecule is CCOC(=O)c1ccnc(-n2cc(N)c(-c3ccc(OC(C)C)cc3)c2)c1. The number of ether oxygens (including phenoxy) is 2. The smallest absolute Gasteiger partial charge is 0.338 e. The van der Waals surface area contributed by atoms with Gasteiger partial charge in [0.1, 0.15) is 11.6 Å². The first-order chi connectivity index (χ1) is 13.0. The topological polar surface area (TPSA) is 79.4 Å². The lowest BCUT2D eigenvalue weighted by molar-refractivity contribution is 0.0526. The first kappa shape index (κ1) is 18.5. The fraction of sp³-hybridized carbons (Fsp3) is 0.238. The third-order valence-corrected chi connectivity index (χ3v) is 3.92. The number of carbonyl (C=O) groups excluding carboxylic acids is 1. The van der Waals surface area contributed by atoms with Crippen LogP contribution in [0.25, 0.3) is 16.9 Å². The molecule has 6 nitrogen and oxygen atoms in total. The van der Waals surface area contributed by atoms with E-state index in [2.05, 4.69) is 4.98 Å². The van der Waals surface area contributed by atoms with E-state index in [1.54, 1.807) is 36.0 Å². The molecular weight excluding hydrogens is 342 g/mol. The summed E-state index contributed by atoms with van der Waals surface area (Å²) in [5.74, 6) is 1.04. The van der Waals surface area contributed by atoms with Crippen LogP contribution in [-0.4, -0.2) is 28.2 Å². The number of pyridine rings is 1. The van der Waals surface area contributed by atoms with Crippen molar-refractivity contribution in [1.29, 1.82) is 0 Å². The van der Waals surface area contributed by atoms with Crippen molar-refractivity contribution in [3.8, 4) is 22.7 Å². The standard InChI is InChI=1S/C21H23N3O3/c1-4-26-21(25)16-9-10-23-20(11-16)24-12-18(19(22)13-24)15-5-7-17(8-6-15)27-14(2)3/h5-14H,4,22H2,1-3H3. The number of benzene rings is 1. The Labute approximate surface area is 158 Å². The van der Waals surface area contributed by atoms with Crippen LogP contribution >= 0.6 is 0 Å². The Balaban J connectivity index is 1.88. The normalized spacial score (nSPS) is 10.8. The molecule has 3 rings (SSSR count). The molecule has 2 heterocycles. The molecule has 0 saturated carbocycles. The zero-order valence-electron chi connectivity index (χ0n) is 15.7. The molecule has 140 valence electrons. The maximum Gasteiger partial charge on any atom is 0.338 e. The summed E-state index contributed by atoms with van der Waals surface area (Å²) in [6.45, 7) is 6.08. The van der Waals surface area contributed by atoms with Gasteiger partial charge in [-0.05, 0) is 50.6 Å². The molecule has 1 aromatic carbocycles. The van der Waals surface area contributed by atoms with Crippen molar-refractivity contribution in [1.82, 2.24) is 9.55 Å². The van der Waals surface area contributed by atoms with Crippen molar-refractivity contribution in [3.05, 3.63) is 60.6 Å². The Morgan fingerprint density at radius 3 is 2.59 bits per heavy atom. The molecule has 2 N–H and O–H groups in total. The van der Waals surface area contributed by atoms with Gasteiger partial charge in [0.15, 0.2) is 0 Å². The molecule has 0 aliphatic carbocycles. The first-order valence-electron chi connectivity index (χ1n) is 8.86. The molecule has 0 spiro atoms. The van der Waals surface area contributed by atoms with Gasteiger partial charge in [0.25, 0.3) is 0 Å². The van der Waals surface area contributed by atoms with Crippen LogP contribution < -0.4 is 10.5 Å². The highest BCUT2D eigenvalue weighted by molar-refractivity contribution is 5.89. The van der Waals surface area contributed by atoms with Crippen LogP contribution in [0, 0.1) is 0 Å². The molecule has 0 unspecified atom stereocenters. The number of nitrogens with two attached hydrogens (primary N) is 1. The van der Waals surface area contributed by atoms with Gasteiger partial charge < -0.3 is 19.8 Å². The highest BCUT2D eigenvalue weighted by Crippen LogP contribution is 2.30. The van der Waals surface area contributed by atoms with Crippen molar-refractivity contribution < 1.29 is 14.3 Å².